The van der Waals surface area contributed by atoms with E-state index in [1.165, 1.54) is 12.1 Å². The van der Waals surface area contributed by atoms with Gasteiger partial charge in [-0.3, -0.25) is 4.79 Å². The molecule has 2 nitrogen and oxygen atoms in total. The van der Waals surface area contributed by atoms with Gasteiger partial charge in [-0.25, -0.2) is 4.39 Å². The lowest BCUT2D eigenvalue weighted by molar-refractivity contribution is -0.113. The van der Waals surface area contributed by atoms with Crippen molar-refractivity contribution in [3.63, 3.8) is 0 Å². The van der Waals surface area contributed by atoms with Gasteiger partial charge >= 0.3 is 0 Å². The fourth-order valence-corrected chi connectivity index (χ4v) is 0.940. The van der Waals surface area contributed by atoms with Crippen LogP contribution in [0.25, 0.3) is 0 Å². The van der Waals surface area contributed by atoms with Crippen molar-refractivity contribution in [3.05, 3.63) is 29.0 Å². The van der Waals surface area contributed by atoms with Crippen LogP contribution >= 0.6 is 23.2 Å². The van der Waals surface area contributed by atoms with Gasteiger partial charge in [0.05, 0.1) is 0 Å². The third-order valence-corrected chi connectivity index (χ3v) is 1.58. The van der Waals surface area contributed by atoms with E-state index in [-0.39, 0.29) is 17.4 Å². The first-order chi connectivity index (χ1) is 6.09. The molecular formula is C8H5Cl2FO2. The highest BCUT2D eigenvalue weighted by Crippen LogP contribution is 2.20. The highest BCUT2D eigenvalue weighted by molar-refractivity contribution is 6.63. The molecule has 1 aromatic carbocycles. The molecule has 0 N–H and O–H groups in total. The molecule has 0 fully saturated rings. The summed E-state index contributed by atoms with van der Waals surface area (Å²) in [7, 11) is 0. The van der Waals surface area contributed by atoms with E-state index in [2.05, 4.69) is 0 Å². The van der Waals surface area contributed by atoms with Gasteiger partial charge in [-0.05, 0) is 29.8 Å². The van der Waals surface area contributed by atoms with Crippen LogP contribution in [0.1, 0.15) is 0 Å². The summed E-state index contributed by atoms with van der Waals surface area (Å²) in [6.07, 6.45) is 0. The van der Waals surface area contributed by atoms with Crippen LogP contribution in [0.5, 0.6) is 5.75 Å². The molecule has 0 saturated carbocycles. The van der Waals surface area contributed by atoms with Crippen molar-refractivity contribution < 1.29 is 13.9 Å². The zero-order chi connectivity index (χ0) is 9.84. The van der Waals surface area contributed by atoms with Crippen molar-refractivity contribution in [2.45, 2.75) is 0 Å². The number of hydrogen-bond acceptors (Lipinski definition) is 2. The minimum atomic E-state index is -0.686. The number of ether oxygens (including phenoxy) is 1. The summed E-state index contributed by atoms with van der Waals surface area (Å²) in [5, 5.41) is -0.420. The van der Waals surface area contributed by atoms with Gasteiger partial charge in [-0.2, -0.15) is 0 Å². The maximum absolute atomic E-state index is 12.9. The Kier molecular flexibility index (Phi) is 3.51. The first kappa shape index (κ1) is 10.3. The van der Waals surface area contributed by atoms with Crippen molar-refractivity contribution in [1.29, 1.82) is 0 Å². The van der Waals surface area contributed by atoms with Gasteiger partial charge in [0.2, 0.25) is 0 Å². The Balaban J connectivity index is 2.72. The highest BCUT2D eigenvalue weighted by atomic mass is 35.5. The molecule has 1 rings (SSSR count). The molecule has 0 unspecified atom stereocenters. The second kappa shape index (κ2) is 4.44. The SMILES string of the molecule is O=C(Cl)COc1ccc(Cl)cc1F. The Morgan fingerprint density at radius 1 is 1.54 bits per heavy atom. The number of rotatable bonds is 3. The predicted octanol–water partition coefficient (Wildman–Crippen LogP) is 2.62. The number of halogens is 3. The summed E-state index contributed by atoms with van der Waals surface area (Å²) in [5.41, 5.74) is 0. The van der Waals surface area contributed by atoms with Crippen LogP contribution in [0, 0.1) is 5.82 Å². The molecule has 0 amide bonds. The zero-order valence-electron chi connectivity index (χ0n) is 6.39. The van der Waals surface area contributed by atoms with Crippen LogP contribution in [0.2, 0.25) is 5.02 Å². The number of carbonyl (C=O) groups excluding carboxylic acids is 1. The molecule has 0 atom stereocenters. The molecule has 70 valence electrons. The van der Waals surface area contributed by atoms with Gasteiger partial charge in [0.15, 0.2) is 18.2 Å². The quantitative estimate of drug-likeness (QED) is 0.736. The molecule has 0 spiro atoms. The van der Waals surface area contributed by atoms with Crippen LogP contribution in [0.4, 0.5) is 4.39 Å². The number of carbonyl (C=O) groups is 1. The smallest absolute Gasteiger partial charge is 0.259 e. The van der Waals surface area contributed by atoms with Gasteiger partial charge in [0.25, 0.3) is 5.24 Å². The van der Waals surface area contributed by atoms with Crippen LogP contribution in [0.15, 0.2) is 18.2 Å². The molecule has 0 aliphatic rings. The zero-order valence-corrected chi connectivity index (χ0v) is 7.90. The fourth-order valence-electron chi connectivity index (χ4n) is 0.727. The lowest BCUT2D eigenvalue weighted by Crippen LogP contribution is -2.05. The average Bonchev–Trinajstić information content (AvgIpc) is 2.02. The topological polar surface area (TPSA) is 26.3 Å². The molecule has 13 heavy (non-hydrogen) atoms. The average molecular weight is 223 g/mol. The Labute approximate surface area is 84.2 Å². The maximum atomic E-state index is 12.9. The minimum Gasteiger partial charge on any atom is -0.481 e. The minimum absolute atomic E-state index is 0.0431. The van der Waals surface area contributed by atoms with Crippen LogP contribution in [-0.4, -0.2) is 11.8 Å². The van der Waals surface area contributed by atoms with Crippen molar-refractivity contribution in [2.24, 2.45) is 0 Å². The maximum Gasteiger partial charge on any atom is 0.259 e. The summed E-state index contributed by atoms with van der Waals surface area (Å²) < 4.78 is 17.7. The summed E-state index contributed by atoms with van der Waals surface area (Å²) >= 11 is 10.5. The summed E-state index contributed by atoms with van der Waals surface area (Å²) in [5.74, 6) is -0.663. The van der Waals surface area contributed by atoms with Gasteiger partial charge in [0, 0.05) is 5.02 Å². The van der Waals surface area contributed by atoms with Gasteiger partial charge in [0.1, 0.15) is 0 Å². The van der Waals surface area contributed by atoms with Crippen LogP contribution in [-0.2, 0) is 4.79 Å². The molecule has 0 radical (unpaired) electrons. The molecule has 1 aromatic rings. The highest BCUT2D eigenvalue weighted by Gasteiger charge is 2.05. The molecule has 0 heterocycles. The van der Waals surface area contributed by atoms with Crippen molar-refractivity contribution in [1.82, 2.24) is 0 Å². The predicted molar refractivity (Wildman–Crippen MR) is 47.8 cm³/mol. The Bertz CT molecular complexity index is 328. The Hall–Kier alpha value is -0.800. The Morgan fingerprint density at radius 2 is 2.23 bits per heavy atom. The first-order valence-corrected chi connectivity index (χ1v) is 4.11. The molecule has 5 heteroatoms. The van der Waals surface area contributed by atoms with Crippen molar-refractivity contribution >= 4 is 28.4 Å². The summed E-state index contributed by atoms with van der Waals surface area (Å²) in [6, 6.07) is 3.88. The fraction of sp³-hybridized carbons (Fsp3) is 0.125. The Morgan fingerprint density at radius 3 is 2.77 bits per heavy atom. The molecule has 0 aliphatic carbocycles. The van der Waals surface area contributed by atoms with E-state index in [4.69, 9.17) is 27.9 Å². The second-order valence-corrected chi connectivity index (χ2v) is 3.08. The summed E-state index contributed by atoms with van der Waals surface area (Å²) in [4.78, 5) is 10.3. The molecule has 0 saturated heterocycles. The number of benzene rings is 1. The lowest BCUT2D eigenvalue weighted by Gasteiger charge is -2.03. The number of hydrogen-bond donors (Lipinski definition) is 0. The monoisotopic (exact) mass is 222 g/mol. The van der Waals surface area contributed by atoms with Gasteiger partial charge in [-0.1, -0.05) is 11.6 Å². The van der Waals surface area contributed by atoms with E-state index in [9.17, 15) is 9.18 Å². The van der Waals surface area contributed by atoms with Gasteiger partial charge < -0.3 is 4.74 Å². The molecular weight excluding hydrogens is 218 g/mol. The van der Waals surface area contributed by atoms with Crippen molar-refractivity contribution in [3.8, 4) is 5.75 Å². The van der Waals surface area contributed by atoms with E-state index in [0.29, 0.717) is 0 Å². The van der Waals surface area contributed by atoms with Gasteiger partial charge in [-0.15, -0.1) is 0 Å². The second-order valence-electron chi connectivity index (χ2n) is 2.22. The van der Waals surface area contributed by atoms with Crippen molar-refractivity contribution in [2.75, 3.05) is 6.61 Å². The van der Waals surface area contributed by atoms with E-state index in [1.54, 1.807) is 0 Å². The summed E-state index contributed by atoms with van der Waals surface area (Å²) in [6.45, 7) is -0.361. The van der Waals surface area contributed by atoms with Crippen LogP contribution in [0.3, 0.4) is 0 Å². The lowest BCUT2D eigenvalue weighted by atomic mass is 10.3. The van der Waals surface area contributed by atoms with E-state index in [0.717, 1.165) is 6.07 Å². The first-order valence-electron chi connectivity index (χ1n) is 3.36. The standard InChI is InChI=1S/C8H5Cl2FO2/c9-5-1-2-7(6(11)3-5)13-4-8(10)12/h1-3H,4H2. The van der Waals surface area contributed by atoms with Crippen LogP contribution < -0.4 is 4.74 Å². The normalized spacial score (nSPS) is 9.77. The van der Waals surface area contributed by atoms with E-state index < -0.39 is 11.1 Å². The third-order valence-electron chi connectivity index (χ3n) is 1.24. The third kappa shape index (κ3) is 3.20. The molecule has 0 bridgehead atoms. The van der Waals surface area contributed by atoms with E-state index in [1.807, 2.05) is 0 Å². The molecule has 0 aliphatic heterocycles. The molecule has 0 aromatic heterocycles. The largest absolute Gasteiger partial charge is 0.481 e. The van der Waals surface area contributed by atoms with E-state index >= 15 is 0 Å².